The van der Waals surface area contributed by atoms with E-state index in [2.05, 4.69) is 0 Å². The van der Waals surface area contributed by atoms with E-state index in [0.717, 1.165) is 22.4 Å². The van der Waals surface area contributed by atoms with Gasteiger partial charge < -0.3 is 24.8 Å². The van der Waals surface area contributed by atoms with Gasteiger partial charge in [-0.25, -0.2) is 0 Å². The van der Waals surface area contributed by atoms with Gasteiger partial charge in [-0.3, -0.25) is 0 Å². The van der Waals surface area contributed by atoms with Crippen LogP contribution in [0.3, 0.4) is 0 Å². The average molecular weight is 391 g/mol. The van der Waals surface area contributed by atoms with Crippen LogP contribution < -0.4 is 4.74 Å². The molecule has 0 saturated carbocycles. The van der Waals surface area contributed by atoms with Crippen molar-refractivity contribution in [3.05, 3.63) is 70.3 Å². The van der Waals surface area contributed by atoms with Crippen LogP contribution in [0, 0.1) is 0 Å². The quantitative estimate of drug-likeness (QED) is 0.706. The van der Waals surface area contributed by atoms with Gasteiger partial charge in [-0.1, -0.05) is 23.7 Å². The second-order valence-electron chi connectivity index (χ2n) is 6.41. The summed E-state index contributed by atoms with van der Waals surface area (Å²) in [4.78, 5) is 0. The first-order chi connectivity index (χ1) is 13.0. The number of ether oxygens (including phenoxy) is 2. The minimum atomic E-state index is -1.16. The Morgan fingerprint density at radius 3 is 2.52 bits per heavy atom. The Balaban J connectivity index is 1.83. The molecule has 0 aromatic heterocycles. The summed E-state index contributed by atoms with van der Waals surface area (Å²) in [5, 5.41) is 29.8. The largest absolute Gasteiger partial charge is 0.494 e. The molecule has 0 radical (unpaired) electrons. The molecule has 0 fully saturated rings. The van der Waals surface area contributed by atoms with Gasteiger partial charge in [0.15, 0.2) is 6.10 Å². The van der Waals surface area contributed by atoms with Gasteiger partial charge in [-0.15, -0.1) is 0 Å². The second kappa shape index (κ2) is 8.76. The van der Waals surface area contributed by atoms with Gasteiger partial charge in [0.1, 0.15) is 23.7 Å². The fraction of sp³-hybridized carbons (Fsp3) is 0.333. The van der Waals surface area contributed by atoms with Crippen LogP contribution >= 0.6 is 11.6 Å². The van der Waals surface area contributed by atoms with Crippen LogP contribution in [0.2, 0.25) is 5.02 Å². The zero-order chi connectivity index (χ0) is 19.4. The van der Waals surface area contributed by atoms with Crippen molar-refractivity contribution in [2.75, 3.05) is 13.2 Å². The van der Waals surface area contributed by atoms with Crippen LogP contribution in [0.15, 0.2) is 48.5 Å². The Kier molecular flexibility index (Phi) is 6.39. The SMILES string of the molecule is CCOc1ccc(Cc2cc(C3=CC(O)C(O)C(CO)O3)ccc2Cl)cc1. The van der Waals surface area contributed by atoms with Crippen LogP contribution in [0.25, 0.3) is 5.76 Å². The van der Waals surface area contributed by atoms with E-state index in [-0.39, 0.29) is 6.61 Å². The fourth-order valence-electron chi connectivity index (χ4n) is 3.01. The fourth-order valence-corrected chi connectivity index (χ4v) is 3.19. The van der Waals surface area contributed by atoms with Crippen LogP contribution in [0.5, 0.6) is 5.75 Å². The summed E-state index contributed by atoms with van der Waals surface area (Å²) in [5.74, 6) is 1.24. The zero-order valence-electron chi connectivity index (χ0n) is 15.0. The standard InChI is InChI=1S/C21H23ClO5/c1-2-26-16-6-3-13(4-7-16)9-15-10-14(5-8-17(15)22)19-11-18(24)21(25)20(12-23)27-19/h3-8,10-11,18,20-21,23-25H,2,9,12H2,1H3. The van der Waals surface area contributed by atoms with E-state index in [0.29, 0.717) is 23.8 Å². The Morgan fingerprint density at radius 1 is 1.11 bits per heavy atom. The summed E-state index contributed by atoms with van der Waals surface area (Å²) >= 11 is 6.36. The molecule has 0 amide bonds. The molecule has 1 heterocycles. The molecule has 3 rings (SSSR count). The number of hydrogen-bond donors (Lipinski definition) is 3. The van der Waals surface area contributed by atoms with Gasteiger partial charge >= 0.3 is 0 Å². The van der Waals surface area contributed by atoms with Crippen LogP contribution in [0.4, 0.5) is 0 Å². The highest BCUT2D eigenvalue weighted by atomic mass is 35.5. The number of halogens is 1. The smallest absolute Gasteiger partial charge is 0.150 e. The summed E-state index contributed by atoms with van der Waals surface area (Å²) < 4.78 is 11.1. The minimum absolute atomic E-state index is 0.387. The van der Waals surface area contributed by atoms with E-state index < -0.39 is 18.3 Å². The monoisotopic (exact) mass is 390 g/mol. The normalized spacial score (nSPS) is 22.1. The first-order valence-electron chi connectivity index (χ1n) is 8.87. The van der Waals surface area contributed by atoms with Crippen molar-refractivity contribution in [2.24, 2.45) is 0 Å². The number of benzene rings is 2. The Morgan fingerprint density at radius 2 is 1.85 bits per heavy atom. The molecule has 0 spiro atoms. The third-order valence-corrected chi connectivity index (χ3v) is 4.84. The van der Waals surface area contributed by atoms with Gasteiger partial charge in [-0.05, 0) is 60.9 Å². The first kappa shape index (κ1) is 19.7. The maximum atomic E-state index is 9.98. The van der Waals surface area contributed by atoms with Crippen LogP contribution in [-0.4, -0.2) is 46.8 Å². The van der Waals surface area contributed by atoms with Crippen molar-refractivity contribution >= 4 is 17.4 Å². The molecule has 144 valence electrons. The van der Waals surface area contributed by atoms with Crippen molar-refractivity contribution in [3.63, 3.8) is 0 Å². The highest BCUT2D eigenvalue weighted by molar-refractivity contribution is 6.31. The number of rotatable bonds is 6. The van der Waals surface area contributed by atoms with Crippen molar-refractivity contribution < 1.29 is 24.8 Å². The van der Waals surface area contributed by atoms with Gasteiger partial charge in [0.25, 0.3) is 0 Å². The predicted octanol–water partition coefficient (Wildman–Crippen LogP) is 2.78. The number of hydrogen-bond acceptors (Lipinski definition) is 5. The van der Waals surface area contributed by atoms with E-state index in [1.165, 1.54) is 6.08 Å². The molecule has 0 bridgehead atoms. The molecule has 0 aliphatic carbocycles. The summed E-state index contributed by atoms with van der Waals surface area (Å²) in [6.45, 7) is 2.18. The van der Waals surface area contributed by atoms with Gasteiger partial charge in [0, 0.05) is 10.6 Å². The first-order valence-corrected chi connectivity index (χ1v) is 9.25. The highest BCUT2D eigenvalue weighted by Crippen LogP contribution is 2.30. The van der Waals surface area contributed by atoms with E-state index in [1.54, 1.807) is 12.1 Å². The van der Waals surface area contributed by atoms with E-state index in [1.807, 2.05) is 37.3 Å². The lowest BCUT2D eigenvalue weighted by Crippen LogP contribution is -2.43. The maximum absolute atomic E-state index is 9.98. The highest BCUT2D eigenvalue weighted by Gasteiger charge is 2.32. The average Bonchev–Trinajstić information content (AvgIpc) is 2.67. The molecule has 3 N–H and O–H groups in total. The Labute approximate surface area is 163 Å². The third kappa shape index (κ3) is 4.62. The van der Waals surface area contributed by atoms with Crippen molar-refractivity contribution in [1.29, 1.82) is 0 Å². The van der Waals surface area contributed by atoms with Crippen LogP contribution in [0.1, 0.15) is 23.6 Å². The van der Waals surface area contributed by atoms with Gasteiger partial charge in [0.05, 0.1) is 13.2 Å². The molecule has 1 aliphatic heterocycles. The maximum Gasteiger partial charge on any atom is 0.150 e. The molecule has 2 aromatic rings. The Bertz CT molecular complexity index is 803. The molecule has 1 aliphatic rings. The van der Waals surface area contributed by atoms with Crippen molar-refractivity contribution in [1.82, 2.24) is 0 Å². The number of aliphatic hydroxyl groups excluding tert-OH is 3. The zero-order valence-corrected chi connectivity index (χ0v) is 15.8. The van der Waals surface area contributed by atoms with E-state index in [9.17, 15) is 15.3 Å². The van der Waals surface area contributed by atoms with Crippen molar-refractivity contribution in [3.8, 4) is 5.75 Å². The topological polar surface area (TPSA) is 79.2 Å². The molecule has 2 aromatic carbocycles. The van der Waals surface area contributed by atoms with Crippen LogP contribution in [-0.2, 0) is 11.2 Å². The summed E-state index contributed by atoms with van der Waals surface area (Å²) in [6.07, 6.45) is -1.06. The van der Waals surface area contributed by atoms with Crippen molar-refractivity contribution in [2.45, 2.75) is 31.7 Å². The third-order valence-electron chi connectivity index (χ3n) is 4.47. The minimum Gasteiger partial charge on any atom is -0.494 e. The molecule has 5 nitrogen and oxygen atoms in total. The molecule has 27 heavy (non-hydrogen) atoms. The molecule has 0 saturated heterocycles. The molecule has 3 atom stereocenters. The molecular formula is C21H23ClO5. The summed E-state index contributed by atoms with van der Waals surface area (Å²) in [7, 11) is 0. The lowest BCUT2D eigenvalue weighted by atomic mass is 9.98. The molecular weight excluding hydrogens is 368 g/mol. The Hall–Kier alpha value is -2.05. The second-order valence-corrected chi connectivity index (χ2v) is 6.82. The molecule has 6 heteroatoms. The predicted molar refractivity (Wildman–Crippen MR) is 104 cm³/mol. The molecule has 3 unspecified atom stereocenters. The summed E-state index contributed by atoms with van der Waals surface area (Å²) in [6, 6.07) is 13.3. The summed E-state index contributed by atoms with van der Waals surface area (Å²) in [5.41, 5.74) is 2.72. The van der Waals surface area contributed by atoms with Gasteiger partial charge in [0.2, 0.25) is 0 Å². The number of aliphatic hydroxyl groups is 3. The van der Waals surface area contributed by atoms with E-state index in [4.69, 9.17) is 21.1 Å². The lowest BCUT2D eigenvalue weighted by molar-refractivity contribution is -0.0723. The van der Waals surface area contributed by atoms with E-state index >= 15 is 0 Å². The lowest BCUT2D eigenvalue weighted by Gasteiger charge is -2.31. The van der Waals surface area contributed by atoms with Gasteiger partial charge in [-0.2, -0.15) is 0 Å².